The van der Waals surface area contributed by atoms with Gasteiger partial charge in [-0.25, -0.2) is 4.79 Å². The number of carboxylic acids is 3. The standard InChI is InChI=1S/C10H12O7.C3H6O3/c1-6(5-8(13)14)10(16)17-9(15)4-2-3-7(11)12;4-2-1-3(5)6/h1-5H2,(H,11,12)(H,13,14);4H,1-2H2,(H,5,6). The third kappa shape index (κ3) is 17.2. The van der Waals surface area contributed by atoms with Gasteiger partial charge in [-0.1, -0.05) is 6.58 Å². The van der Waals surface area contributed by atoms with E-state index in [1.165, 1.54) is 0 Å². The average molecular weight is 334 g/mol. The van der Waals surface area contributed by atoms with E-state index in [0.717, 1.165) is 0 Å². The fraction of sp³-hybridized carbons (Fsp3) is 0.462. The normalized spacial score (nSPS) is 9.09. The van der Waals surface area contributed by atoms with Gasteiger partial charge in [-0.05, 0) is 6.42 Å². The fourth-order valence-corrected chi connectivity index (χ4v) is 0.961. The van der Waals surface area contributed by atoms with Gasteiger partial charge in [0.25, 0.3) is 0 Å². The van der Waals surface area contributed by atoms with Crippen molar-refractivity contribution in [2.45, 2.75) is 32.1 Å². The Bertz CT molecular complexity index is 465. The molecule has 0 unspecified atom stereocenters. The van der Waals surface area contributed by atoms with Gasteiger partial charge in [-0.3, -0.25) is 19.2 Å². The second kappa shape index (κ2) is 13.0. The van der Waals surface area contributed by atoms with Crippen LogP contribution in [0, 0.1) is 0 Å². The lowest BCUT2D eigenvalue weighted by Crippen LogP contribution is -2.15. The van der Waals surface area contributed by atoms with Crippen molar-refractivity contribution in [3.05, 3.63) is 12.2 Å². The quantitative estimate of drug-likeness (QED) is 0.251. The summed E-state index contributed by atoms with van der Waals surface area (Å²) in [6.45, 7) is 2.89. The van der Waals surface area contributed by atoms with Crippen LogP contribution < -0.4 is 0 Å². The molecule has 0 saturated carbocycles. The molecule has 0 bridgehead atoms. The Morgan fingerprint density at radius 1 is 0.826 bits per heavy atom. The second-order valence-corrected chi connectivity index (χ2v) is 4.05. The van der Waals surface area contributed by atoms with Crippen molar-refractivity contribution in [1.82, 2.24) is 0 Å². The monoisotopic (exact) mass is 334 g/mol. The molecule has 23 heavy (non-hydrogen) atoms. The summed E-state index contributed by atoms with van der Waals surface area (Å²) >= 11 is 0. The number of hydrogen-bond acceptors (Lipinski definition) is 7. The number of ether oxygens (including phenoxy) is 1. The molecule has 0 aliphatic rings. The Hall–Kier alpha value is -2.75. The molecule has 0 aliphatic heterocycles. The SMILES string of the molecule is C=C(CC(=O)O)C(=O)OC(=O)CCCC(=O)O.O=C(O)CCO. The third-order valence-electron chi connectivity index (χ3n) is 1.96. The molecule has 0 radical (unpaired) electrons. The van der Waals surface area contributed by atoms with Gasteiger partial charge in [0.2, 0.25) is 0 Å². The number of hydrogen-bond donors (Lipinski definition) is 4. The Kier molecular flexibility index (Phi) is 12.7. The molecule has 0 amide bonds. The Balaban J connectivity index is 0. The van der Waals surface area contributed by atoms with E-state index in [1.54, 1.807) is 0 Å². The van der Waals surface area contributed by atoms with Crippen molar-refractivity contribution in [1.29, 1.82) is 0 Å². The molecule has 0 saturated heterocycles. The Labute approximate surface area is 131 Å². The fourth-order valence-electron chi connectivity index (χ4n) is 0.961. The van der Waals surface area contributed by atoms with E-state index in [2.05, 4.69) is 11.3 Å². The van der Waals surface area contributed by atoms with Gasteiger partial charge >= 0.3 is 29.8 Å². The van der Waals surface area contributed by atoms with Crippen LogP contribution in [0.2, 0.25) is 0 Å². The first-order valence-electron chi connectivity index (χ1n) is 6.29. The minimum Gasteiger partial charge on any atom is -0.481 e. The lowest BCUT2D eigenvalue weighted by Gasteiger charge is -2.03. The third-order valence-corrected chi connectivity index (χ3v) is 1.96. The summed E-state index contributed by atoms with van der Waals surface area (Å²) in [4.78, 5) is 51.9. The van der Waals surface area contributed by atoms with Crippen molar-refractivity contribution in [2.24, 2.45) is 0 Å². The molecule has 10 heteroatoms. The maximum atomic E-state index is 11.1. The van der Waals surface area contributed by atoms with E-state index in [0.29, 0.717) is 0 Å². The van der Waals surface area contributed by atoms with Gasteiger partial charge in [0.1, 0.15) is 0 Å². The summed E-state index contributed by atoms with van der Waals surface area (Å²) in [6.07, 6.45) is -1.15. The van der Waals surface area contributed by atoms with Crippen molar-refractivity contribution in [3.63, 3.8) is 0 Å². The lowest BCUT2D eigenvalue weighted by molar-refractivity contribution is -0.158. The average Bonchev–Trinajstić information content (AvgIpc) is 2.37. The van der Waals surface area contributed by atoms with Crippen LogP contribution in [0.25, 0.3) is 0 Å². The van der Waals surface area contributed by atoms with Crippen LogP contribution in [0.4, 0.5) is 0 Å². The van der Waals surface area contributed by atoms with Crippen LogP contribution in [0.5, 0.6) is 0 Å². The lowest BCUT2D eigenvalue weighted by atomic mass is 10.2. The topological polar surface area (TPSA) is 175 Å². The predicted molar refractivity (Wildman–Crippen MR) is 73.3 cm³/mol. The van der Waals surface area contributed by atoms with E-state index >= 15 is 0 Å². The zero-order valence-electron chi connectivity index (χ0n) is 12.2. The largest absolute Gasteiger partial charge is 0.481 e. The molecule has 0 heterocycles. The highest BCUT2D eigenvalue weighted by molar-refractivity contribution is 5.98. The predicted octanol–water partition coefficient (Wildman–Crippen LogP) is -0.205. The first kappa shape index (κ1) is 22.5. The molecule has 130 valence electrons. The zero-order valence-corrected chi connectivity index (χ0v) is 12.2. The van der Waals surface area contributed by atoms with Crippen molar-refractivity contribution in [3.8, 4) is 0 Å². The van der Waals surface area contributed by atoms with Crippen LogP contribution in [0.1, 0.15) is 32.1 Å². The van der Waals surface area contributed by atoms with Gasteiger partial charge in [0.05, 0.1) is 19.4 Å². The molecule has 0 fully saturated rings. The van der Waals surface area contributed by atoms with E-state index in [1.807, 2.05) is 0 Å². The number of aliphatic hydroxyl groups is 1. The molecule has 0 aromatic rings. The number of carbonyl (C=O) groups is 5. The number of esters is 2. The number of carbonyl (C=O) groups excluding carboxylic acids is 2. The highest BCUT2D eigenvalue weighted by Gasteiger charge is 2.16. The van der Waals surface area contributed by atoms with Crippen molar-refractivity contribution in [2.75, 3.05) is 6.61 Å². The molecule has 0 aromatic carbocycles. The maximum absolute atomic E-state index is 11.1. The van der Waals surface area contributed by atoms with Gasteiger partial charge < -0.3 is 25.2 Å². The zero-order chi connectivity index (χ0) is 18.4. The molecule has 10 nitrogen and oxygen atoms in total. The highest BCUT2D eigenvalue weighted by Crippen LogP contribution is 2.04. The minimum absolute atomic E-state index is 0.0485. The number of rotatable bonds is 9. The molecular weight excluding hydrogens is 316 g/mol. The summed E-state index contributed by atoms with van der Waals surface area (Å²) in [5, 5.41) is 32.3. The summed E-state index contributed by atoms with van der Waals surface area (Å²) < 4.78 is 4.26. The van der Waals surface area contributed by atoms with Gasteiger partial charge in [-0.15, -0.1) is 0 Å². The maximum Gasteiger partial charge on any atom is 0.341 e. The molecular formula is C13H18O10. The summed E-state index contributed by atoms with van der Waals surface area (Å²) in [7, 11) is 0. The molecule has 0 atom stereocenters. The minimum atomic E-state index is -1.26. The first-order chi connectivity index (χ1) is 10.6. The number of carboxylic acid groups (broad SMARTS) is 3. The van der Waals surface area contributed by atoms with Crippen LogP contribution in [0.15, 0.2) is 12.2 Å². The van der Waals surface area contributed by atoms with Crippen LogP contribution in [0.3, 0.4) is 0 Å². The number of aliphatic carboxylic acids is 3. The van der Waals surface area contributed by atoms with E-state index in [9.17, 15) is 24.0 Å². The molecule has 0 spiro atoms. The van der Waals surface area contributed by atoms with Crippen LogP contribution in [-0.4, -0.2) is 56.9 Å². The Morgan fingerprint density at radius 3 is 1.70 bits per heavy atom. The molecule has 0 rings (SSSR count). The first-order valence-corrected chi connectivity index (χ1v) is 6.29. The summed E-state index contributed by atoms with van der Waals surface area (Å²) in [5.74, 6) is -5.28. The Morgan fingerprint density at radius 2 is 1.35 bits per heavy atom. The van der Waals surface area contributed by atoms with Gasteiger partial charge in [-0.2, -0.15) is 0 Å². The molecule has 4 N–H and O–H groups in total. The van der Waals surface area contributed by atoms with E-state index < -0.39 is 36.3 Å². The van der Waals surface area contributed by atoms with Gasteiger partial charge in [0, 0.05) is 18.4 Å². The smallest absolute Gasteiger partial charge is 0.341 e. The number of aliphatic hydroxyl groups excluding tert-OH is 1. The second-order valence-electron chi connectivity index (χ2n) is 4.05. The van der Waals surface area contributed by atoms with E-state index in [4.69, 9.17) is 20.4 Å². The molecule has 0 aliphatic carbocycles. The highest BCUT2D eigenvalue weighted by atomic mass is 16.6. The van der Waals surface area contributed by atoms with Crippen LogP contribution >= 0.6 is 0 Å². The molecule has 0 aromatic heterocycles. The van der Waals surface area contributed by atoms with Crippen molar-refractivity contribution < 1.29 is 49.1 Å². The van der Waals surface area contributed by atoms with Gasteiger partial charge in [0.15, 0.2) is 0 Å². The summed E-state index contributed by atoms with van der Waals surface area (Å²) in [5.41, 5.74) is -0.343. The van der Waals surface area contributed by atoms with Crippen LogP contribution in [-0.2, 0) is 28.7 Å². The van der Waals surface area contributed by atoms with Crippen molar-refractivity contribution >= 4 is 29.8 Å². The van der Waals surface area contributed by atoms with E-state index in [-0.39, 0.29) is 37.9 Å². The summed E-state index contributed by atoms with van der Waals surface area (Å²) in [6, 6.07) is 0.